The van der Waals surface area contributed by atoms with Crippen LogP contribution in [-0.4, -0.2) is 0 Å². The molecule has 0 amide bonds. The first-order valence-corrected chi connectivity index (χ1v) is 4.55. The Labute approximate surface area is 78.6 Å². The van der Waals surface area contributed by atoms with Crippen molar-refractivity contribution in [1.29, 1.82) is 0 Å². The predicted octanol–water partition coefficient (Wildman–Crippen LogP) is 2.87. The Balaban J connectivity index is 2.21. The molecule has 0 fully saturated rings. The summed E-state index contributed by atoms with van der Waals surface area (Å²) in [5, 5.41) is 0. The van der Waals surface area contributed by atoms with Crippen LogP contribution in [0.25, 0.3) is 0 Å². The van der Waals surface area contributed by atoms with Gasteiger partial charge in [-0.2, -0.15) is 0 Å². The highest BCUT2D eigenvalue weighted by molar-refractivity contribution is 5.41. The van der Waals surface area contributed by atoms with Gasteiger partial charge in [-0.1, -0.05) is 36.4 Å². The molecule has 1 aromatic carbocycles. The van der Waals surface area contributed by atoms with Crippen molar-refractivity contribution < 1.29 is 0 Å². The summed E-state index contributed by atoms with van der Waals surface area (Å²) in [6, 6.07) is 8.12. The quantitative estimate of drug-likeness (QED) is 0.646. The molecule has 0 heterocycles. The van der Waals surface area contributed by atoms with E-state index in [1.165, 1.54) is 5.56 Å². The topological polar surface area (TPSA) is 26.0 Å². The van der Waals surface area contributed by atoms with Gasteiger partial charge in [0, 0.05) is 11.6 Å². The van der Waals surface area contributed by atoms with E-state index in [1.54, 1.807) is 0 Å². The molecule has 2 N–H and O–H groups in total. The zero-order valence-corrected chi connectivity index (χ0v) is 7.48. The van der Waals surface area contributed by atoms with E-state index in [4.69, 9.17) is 5.73 Å². The van der Waals surface area contributed by atoms with E-state index < -0.39 is 0 Å². The molecule has 0 aromatic heterocycles. The van der Waals surface area contributed by atoms with Gasteiger partial charge in [0.15, 0.2) is 0 Å². The highest BCUT2D eigenvalue weighted by Crippen LogP contribution is 2.24. The summed E-state index contributed by atoms with van der Waals surface area (Å²) in [7, 11) is 0. The zero-order chi connectivity index (χ0) is 9.10. The average Bonchev–Trinajstić information content (AvgIpc) is 2.20. The molecular weight excluding hydrogens is 158 g/mol. The second-order valence-corrected chi connectivity index (χ2v) is 3.32. The fraction of sp³-hybridized carbons (Fsp3) is 0.167. The molecule has 2 rings (SSSR count). The van der Waals surface area contributed by atoms with Gasteiger partial charge in [0.1, 0.15) is 0 Å². The lowest BCUT2D eigenvalue weighted by Gasteiger charge is -2.13. The molecule has 1 heteroatoms. The van der Waals surface area contributed by atoms with E-state index in [-0.39, 0.29) is 0 Å². The molecule has 0 saturated heterocycles. The summed E-state index contributed by atoms with van der Waals surface area (Å²) in [4.78, 5) is 0. The molecule has 0 saturated carbocycles. The lowest BCUT2D eigenvalue weighted by molar-refractivity contribution is 0.854. The van der Waals surface area contributed by atoms with Gasteiger partial charge in [0.2, 0.25) is 0 Å². The third-order valence-corrected chi connectivity index (χ3v) is 2.35. The second-order valence-electron chi connectivity index (χ2n) is 3.32. The van der Waals surface area contributed by atoms with E-state index in [2.05, 4.69) is 36.4 Å². The standard InChI is InChI=1S/C12H13N/c13-12-8-6-11(7-9-12)10-4-2-1-3-5-10/h1-4,6-10H,5,13H2/t10-/m1/s1. The van der Waals surface area contributed by atoms with Gasteiger partial charge >= 0.3 is 0 Å². The first kappa shape index (κ1) is 8.11. The van der Waals surface area contributed by atoms with Crippen LogP contribution >= 0.6 is 0 Å². The Morgan fingerprint density at radius 1 is 1.08 bits per heavy atom. The molecule has 0 spiro atoms. The van der Waals surface area contributed by atoms with Gasteiger partial charge in [-0.3, -0.25) is 0 Å². The number of nitrogens with two attached hydrogens (primary N) is 1. The van der Waals surface area contributed by atoms with E-state index in [1.807, 2.05) is 12.1 Å². The van der Waals surface area contributed by atoms with Crippen LogP contribution < -0.4 is 5.73 Å². The third-order valence-electron chi connectivity index (χ3n) is 2.35. The smallest absolute Gasteiger partial charge is 0.0314 e. The maximum Gasteiger partial charge on any atom is 0.0314 e. The van der Waals surface area contributed by atoms with Gasteiger partial charge < -0.3 is 5.73 Å². The molecule has 1 atom stereocenters. The minimum absolute atomic E-state index is 0.533. The summed E-state index contributed by atoms with van der Waals surface area (Å²) >= 11 is 0. The highest BCUT2D eigenvalue weighted by atomic mass is 14.5. The van der Waals surface area contributed by atoms with Crippen LogP contribution in [0.2, 0.25) is 0 Å². The van der Waals surface area contributed by atoms with Crippen molar-refractivity contribution in [3.8, 4) is 0 Å². The molecule has 0 bridgehead atoms. The number of hydrogen-bond donors (Lipinski definition) is 1. The molecule has 1 aliphatic rings. The molecule has 1 aromatic rings. The number of nitrogen functional groups attached to an aromatic ring is 1. The number of allylic oxidation sites excluding steroid dienone is 4. The van der Waals surface area contributed by atoms with Crippen molar-refractivity contribution in [2.24, 2.45) is 0 Å². The Bertz CT molecular complexity index is 333. The van der Waals surface area contributed by atoms with Crippen molar-refractivity contribution in [2.75, 3.05) is 5.73 Å². The molecule has 13 heavy (non-hydrogen) atoms. The Morgan fingerprint density at radius 2 is 1.85 bits per heavy atom. The summed E-state index contributed by atoms with van der Waals surface area (Å²) in [6.07, 6.45) is 9.71. The minimum atomic E-state index is 0.533. The molecule has 0 unspecified atom stereocenters. The van der Waals surface area contributed by atoms with Crippen LogP contribution in [0.3, 0.4) is 0 Å². The number of rotatable bonds is 1. The van der Waals surface area contributed by atoms with Crippen molar-refractivity contribution in [3.05, 3.63) is 54.1 Å². The highest BCUT2D eigenvalue weighted by Gasteiger charge is 2.06. The van der Waals surface area contributed by atoms with E-state index in [0.717, 1.165) is 12.1 Å². The lowest BCUT2D eigenvalue weighted by Crippen LogP contribution is -1.96. The summed E-state index contributed by atoms with van der Waals surface area (Å²) < 4.78 is 0. The predicted molar refractivity (Wildman–Crippen MR) is 56.5 cm³/mol. The van der Waals surface area contributed by atoms with Gasteiger partial charge in [-0.05, 0) is 24.1 Å². The van der Waals surface area contributed by atoms with Crippen molar-refractivity contribution in [3.63, 3.8) is 0 Å². The zero-order valence-electron chi connectivity index (χ0n) is 7.48. The number of anilines is 1. The van der Waals surface area contributed by atoms with Crippen LogP contribution in [0.5, 0.6) is 0 Å². The molecule has 1 nitrogen and oxygen atoms in total. The van der Waals surface area contributed by atoms with Crippen molar-refractivity contribution >= 4 is 5.69 Å². The first-order chi connectivity index (χ1) is 6.36. The fourth-order valence-electron chi connectivity index (χ4n) is 1.57. The van der Waals surface area contributed by atoms with E-state index in [9.17, 15) is 0 Å². The molecule has 1 aliphatic carbocycles. The average molecular weight is 171 g/mol. The molecule has 66 valence electrons. The first-order valence-electron chi connectivity index (χ1n) is 4.55. The van der Waals surface area contributed by atoms with Gasteiger partial charge in [0.05, 0.1) is 0 Å². The fourth-order valence-corrected chi connectivity index (χ4v) is 1.57. The van der Waals surface area contributed by atoms with Crippen LogP contribution in [0.15, 0.2) is 48.6 Å². The van der Waals surface area contributed by atoms with E-state index in [0.29, 0.717) is 5.92 Å². The SMILES string of the molecule is Nc1ccc([C@@H]2C=CC=CC2)cc1. The van der Waals surface area contributed by atoms with Crippen LogP contribution in [0.1, 0.15) is 17.9 Å². The van der Waals surface area contributed by atoms with Crippen molar-refractivity contribution in [2.45, 2.75) is 12.3 Å². The van der Waals surface area contributed by atoms with Gasteiger partial charge in [-0.15, -0.1) is 0 Å². The molecule has 0 aliphatic heterocycles. The summed E-state index contributed by atoms with van der Waals surface area (Å²) in [5.74, 6) is 0.533. The van der Waals surface area contributed by atoms with E-state index >= 15 is 0 Å². The van der Waals surface area contributed by atoms with Crippen LogP contribution in [0.4, 0.5) is 5.69 Å². The van der Waals surface area contributed by atoms with Crippen molar-refractivity contribution in [1.82, 2.24) is 0 Å². The van der Waals surface area contributed by atoms with Crippen LogP contribution in [-0.2, 0) is 0 Å². The van der Waals surface area contributed by atoms with Gasteiger partial charge in [-0.25, -0.2) is 0 Å². The second kappa shape index (κ2) is 3.48. The summed E-state index contributed by atoms with van der Waals surface area (Å²) in [5.41, 5.74) is 7.80. The normalized spacial score (nSPS) is 20.5. The lowest BCUT2D eigenvalue weighted by atomic mass is 9.93. The molecular formula is C12H13N. The largest absolute Gasteiger partial charge is 0.399 e. The summed E-state index contributed by atoms with van der Waals surface area (Å²) in [6.45, 7) is 0. The monoisotopic (exact) mass is 171 g/mol. The Hall–Kier alpha value is -1.50. The third kappa shape index (κ3) is 1.81. The molecule has 0 radical (unpaired) electrons. The Kier molecular flexibility index (Phi) is 2.17. The van der Waals surface area contributed by atoms with Crippen LogP contribution in [0, 0.1) is 0 Å². The minimum Gasteiger partial charge on any atom is -0.399 e. The maximum absolute atomic E-state index is 5.62. The number of hydrogen-bond acceptors (Lipinski definition) is 1. The Morgan fingerprint density at radius 3 is 2.46 bits per heavy atom. The number of benzene rings is 1. The maximum atomic E-state index is 5.62. The van der Waals surface area contributed by atoms with Gasteiger partial charge in [0.25, 0.3) is 0 Å².